The summed E-state index contributed by atoms with van der Waals surface area (Å²) in [5, 5.41) is 13.9. The molecule has 0 spiro atoms. The van der Waals surface area contributed by atoms with Crippen molar-refractivity contribution >= 4 is 13.7 Å². The zero-order chi connectivity index (χ0) is 49.2. The number of nitrogens with zero attached hydrogens (tertiary/aromatic N) is 1. The molecule has 9 heteroatoms. The van der Waals surface area contributed by atoms with Crippen LogP contribution < -0.4 is 10.2 Å². The van der Waals surface area contributed by atoms with Crippen molar-refractivity contribution in [2.45, 2.75) is 264 Å². The van der Waals surface area contributed by atoms with Gasteiger partial charge in [0, 0.05) is 6.42 Å². The number of carbonyl (C=O) groups excluding carboxylic acids is 1. The number of likely N-dealkylation sites (N-methyl/N-ethyl adjacent to an activating group) is 1. The van der Waals surface area contributed by atoms with Crippen molar-refractivity contribution in [1.29, 1.82) is 0 Å². The zero-order valence-corrected chi connectivity index (χ0v) is 45.5. The van der Waals surface area contributed by atoms with Gasteiger partial charge in [-0.1, -0.05) is 248 Å². The maximum atomic E-state index is 12.9. The summed E-state index contributed by atoms with van der Waals surface area (Å²) in [7, 11) is 1.31. The molecule has 8 nitrogen and oxygen atoms in total. The predicted molar refractivity (Wildman–Crippen MR) is 288 cm³/mol. The van der Waals surface area contributed by atoms with E-state index in [9.17, 15) is 19.4 Å². The average molecular weight is 961 g/mol. The molecule has 0 rings (SSSR count). The fraction of sp³-hybridized carbons (Fsp3) is 0.810. The first-order chi connectivity index (χ1) is 32.5. The number of unbranched alkanes of at least 4 members (excludes halogenated alkanes) is 28. The monoisotopic (exact) mass is 961 g/mol. The normalized spacial score (nSPS) is 14.4. The standard InChI is InChI=1S/C58H109N2O6P/c1-6-8-10-12-14-16-18-19-20-21-22-23-24-25-26-27-28-29-30-31-32-33-34-35-36-37-38-39-40-41-42-44-46-48-50-52-58(62)59-56(55-66-67(63,64)65-54-53-60(3,4)5)57(61)51-49-47-45-43-17-15-13-11-9-7-2/h8,10,14,16,19-20,22-23,25-26,56-57,61H,6-7,9,11-13,15,17-18,21,24,27-55H2,1-5H3,(H-,59,62,63,64)/b10-8-,16-14-,20-19-,23-22-,26-25-. The maximum Gasteiger partial charge on any atom is 0.268 e. The van der Waals surface area contributed by atoms with Crippen LogP contribution in [0.2, 0.25) is 0 Å². The van der Waals surface area contributed by atoms with E-state index in [1.165, 1.54) is 154 Å². The van der Waals surface area contributed by atoms with Crippen LogP contribution in [0.4, 0.5) is 0 Å². The lowest BCUT2D eigenvalue weighted by Gasteiger charge is -2.30. The van der Waals surface area contributed by atoms with E-state index in [1.54, 1.807) is 0 Å². The minimum absolute atomic E-state index is 0.0122. The van der Waals surface area contributed by atoms with Gasteiger partial charge in [0.25, 0.3) is 7.82 Å². The highest BCUT2D eigenvalue weighted by Crippen LogP contribution is 2.38. The molecule has 0 aromatic carbocycles. The summed E-state index contributed by atoms with van der Waals surface area (Å²) in [6.07, 6.45) is 65.6. The van der Waals surface area contributed by atoms with Crippen molar-refractivity contribution < 1.29 is 32.9 Å². The third-order valence-electron chi connectivity index (χ3n) is 12.5. The van der Waals surface area contributed by atoms with Gasteiger partial charge in [-0.3, -0.25) is 9.36 Å². The smallest absolute Gasteiger partial charge is 0.268 e. The fourth-order valence-electron chi connectivity index (χ4n) is 8.13. The van der Waals surface area contributed by atoms with Crippen molar-refractivity contribution in [3.8, 4) is 0 Å². The summed E-state index contributed by atoms with van der Waals surface area (Å²) in [6, 6.07) is -0.799. The van der Waals surface area contributed by atoms with Crippen molar-refractivity contribution in [2.75, 3.05) is 40.9 Å². The highest BCUT2D eigenvalue weighted by molar-refractivity contribution is 7.45. The molecule has 0 aliphatic heterocycles. The summed E-state index contributed by atoms with van der Waals surface area (Å²) >= 11 is 0. The Hall–Kier alpha value is -1.80. The Bertz CT molecular complexity index is 1270. The molecule has 0 aromatic rings. The molecule has 1 amide bonds. The second-order valence-corrected chi connectivity index (χ2v) is 21.7. The van der Waals surface area contributed by atoms with Gasteiger partial charge in [-0.2, -0.15) is 0 Å². The number of rotatable bonds is 51. The summed E-state index contributed by atoms with van der Waals surface area (Å²) in [5.41, 5.74) is 0. The molecule has 67 heavy (non-hydrogen) atoms. The molecule has 3 unspecified atom stereocenters. The zero-order valence-electron chi connectivity index (χ0n) is 44.6. The van der Waals surface area contributed by atoms with Crippen LogP contribution in [0.25, 0.3) is 0 Å². The summed E-state index contributed by atoms with van der Waals surface area (Å²) in [4.78, 5) is 25.4. The molecule has 0 aliphatic rings. The number of hydrogen-bond acceptors (Lipinski definition) is 6. The molecule has 0 saturated carbocycles. The van der Waals surface area contributed by atoms with Crippen LogP contribution in [0, 0.1) is 0 Å². The van der Waals surface area contributed by atoms with Crippen molar-refractivity contribution in [3.63, 3.8) is 0 Å². The largest absolute Gasteiger partial charge is 0.756 e. The number of amides is 1. The number of aliphatic hydroxyl groups is 1. The number of aliphatic hydroxyl groups excluding tert-OH is 1. The topological polar surface area (TPSA) is 108 Å². The number of phosphoric ester groups is 1. The molecule has 0 fully saturated rings. The molecular formula is C58H109N2O6P. The molecule has 0 aliphatic carbocycles. The highest BCUT2D eigenvalue weighted by atomic mass is 31.2. The van der Waals surface area contributed by atoms with E-state index in [1.807, 2.05) is 21.1 Å². The number of phosphoric acid groups is 1. The first-order valence-electron chi connectivity index (χ1n) is 28.1. The number of nitrogens with one attached hydrogen (secondary N) is 1. The van der Waals surface area contributed by atoms with Crippen LogP contribution in [0.3, 0.4) is 0 Å². The van der Waals surface area contributed by atoms with E-state index < -0.39 is 20.0 Å². The van der Waals surface area contributed by atoms with Crippen LogP contribution in [-0.2, 0) is 18.4 Å². The Morgan fingerprint density at radius 1 is 0.537 bits per heavy atom. The molecule has 2 N–H and O–H groups in total. The van der Waals surface area contributed by atoms with Crippen molar-refractivity contribution in [3.05, 3.63) is 60.8 Å². The van der Waals surface area contributed by atoms with Crippen LogP contribution in [0.15, 0.2) is 60.8 Å². The maximum absolute atomic E-state index is 12.9. The average Bonchev–Trinajstić information content (AvgIpc) is 3.29. The van der Waals surface area contributed by atoms with Gasteiger partial charge < -0.3 is 28.8 Å². The Balaban J connectivity index is 3.92. The van der Waals surface area contributed by atoms with Gasteiger partial charge in [0.1, 0.15) is 13.2 Å². The number of hydrogen-bond donors (Lipinski definition) is 2. The van der Waals surface area contributed by atoms with E-state index >= 15 is 0 Å². The molecule has 392 valence electrons. The molecule has 0 aromatic heterocycles. The lowest BCUT2D eigenvalue weighted by molar-refractivity contribution is -0.870. The van der Waals surface area contributed by atoms with Gasteiger partial charge in [0.15, 0.2) is 0 Å². The van der Waals surface area contributed by atoms with Crippen LogP contribution in [0.1, 0.15) is 251 Å². The van der Waals surface area contributed by atoms with Crippen LogP contribution >= 0.6 is 7.82 Å². The first-order valence-corrected chi connectivity index (χ1v) is 29.6. The summed E-state index contributed by atoms with van der Waals surface area (Å²) in [6.45, 7) is 4.60. The van der Waals surface area contributed by atoms with Crippen molar-refractivity contribution in [1.82, 2.24) is 5.32 Å². The highest BCUT2D eigenvalue weighted by Gasteiger charge is 2.24. The fourth-order valence-corrected chi connectivity index (χ4v) is 8.85. The van der Waals surface area contributed by atoms with Crippen molar-refractivity contribution in [2.24, 2.45) is 0 Å². The number of quaternary nitrogens is 1. The quantitative estimate of drug-likeness (QED) is 0.0272. The third-order valence-corrected chi connectivity index (χ3v) is 13.5. The first kappa shape index (κ1) is 65.2. The summed E-state index contributed by atoms with van der Waals surface area (Å²) < 4.78 is 23.3. The number of carbonyl (C=O) groups is 1. The van der Waals surface area contributed by atoms with E-state index in [4.69, 9.17) is 9.05 Å². The third kappa shape index (κ3) is 51.9. The molecule has 0 heterocycles. The summed E-state index contributed by atoms with van der Waals surface area (Å²) in [5.74, 6) is -0.165. The second kappa shape index (κ2) is 49.2. The lowest BCUT2D eigenvalue weighted by Crippen LogP contribution is -2.46. The SMILES string of the molecule is CC/C=C\C/C=C\C/C=C\C/C=C\C/C=C\CCCCCCCCCCCCCCCCCCCCCC(=O)NC(COP(=O)([O-])OCC[N+](C)(C)C)C(O)CCCCCCCCCCCC. The Morgan fingerprint density at radius 3 is 1.33 bits per heavy atom. The Morgan fingerprint density at radius 2 is 0.910 bits per heavy atom. The van der Waals surface area contributed by atoms with Gasteiger partial charge in [0.05, 0.1) is 39.9 Å². The van der Waals surface area contributed by atoms with E-state index in [0.29, 0.717) is 23.9 Å². The Labute approximate surface area is 415 Å². The van der Waals surface area contributed by atoms with E-state index in [0.717, 1.165) is 70.6 Å². The predicted octanol–water partition coefficient (Wildman–Crippen LogP) is 16.3. The van der Waals surface area contributed by atoms with Crippen LogP contribution in [-0.4, -0.2) is 68.5 Å². The minimum atomic E-state index is -4.56. The van der Waals surface area contributed by atoms with Crippen LogP contribution in [0.5, 0.6) is 0 Å². The van der Waals surface area contributed by atoms with E-state index in [2.05, 4.69) is 79.9 Å². The van der Waals surface area contributed by atoms with E-state index in [-0.39, 0.29) is 19.1 Å². The van der Waals surface area contributed by atoms with Gasteiger partial charge in [0.2, 0.25) is 5.91 Å². The van der Waals surface area contributed by atoms with Gasteiger partial charge >= 0.3 is 0 Å². The Kier molecular flexibility index (Phi) is 47.9. The van der Waals surface area contributed by atoms with Gasteiger partial charge in [-0.15, -0.1) is 0 Å². The lowest BCUT2D eigenvalue weighted by atomic mass is 10.0. The molecular weight excluding hydrogens is 852 g/mol. The molecule has 0 bridgehead atoms. The molecule has 0 saturated heterocycles. The van der Waals surface area contributed by atoms with Gasteiger partial charge in [-0.05, 0) is 57.8 Å². The molecule has 0 radical (unpaired) electrons. The number of allylic oxidation sites excluding steroid dienone is 10. The minimum Gasteiger partial charge on any atom is -0.756 e. The second-order valence-electron chi connectivity index (χ2n) is 20.3. The molecule has 3 atom stereocenters. The van der Waals surface area contributed by atoms with Gasteiger partial charge in [-0.25, -0.2) is 0 Å².